The average Bonchev–Trinajstić information content (AvgIpc) is 2.80. The summed E-state index contributed by atoms with van der Waals surface area (Å²) < 4.78 is 1.39. The Bertz CT molecular complexity index is 538. The summed E-state index contributed by atoms with van der Waals surface area (Å²) >= 11 is 0. The molecule has 2 aromatic heterocycles. The molecular formula is C10H16N8O. The van der Waals surface area contributed by atoms with Crippen molar-refractivity contribution in [2.75, 3.05) is 17.7 Å². The number of rotatable bonds is 5. The highest BCUT2D eigenvalue weighted by Crippen LogP contribution is 2.15. The Morgan fingerprint density at radius 2 is 2.16 bits per heavy atom. The number of nitrogens with two attached hydrogens (primary N) is 1. The Kier molecular flexibility index (Phi) is 3.56. The van der Waals surface area contributed by atoms with Crippen LogP contribution in [-0.4, -0.2) is 47.0 Å². The number of nitrogen functional groups attached to an aromatic ring is 1. The van der Waals surface area contributed by atoms with Gasteiger partial charge in [-0.2, -0.15) is 24.7 Å². The molecular weight excluding hydrogens is 248 g/mol. The van der Waals surface area contributed by atoms with Gasteiger partial charge in [-0.15, -0.1) is 0 Å². The molecule has 0 unspecified atom stereocenters. The zero-order chi connectivity index (χ0) is 13.9. The van der Waals surface area contributed by atoms with Gasteiger partial charge in [0.05, 0.1) is 0 Å². The zero-order valence-electron chi connectivity index (χ0n) is 10.8. The molecule has 0 radical (unpaired) electrons. The molecule has 9 heteroatoms. The first kappa shape index (κ1) is 13.1. The lowest BCUT2D eigenvalue weighted by Crippen LogP contribution is -2.33. The van der Waals surface area contributed by atoms with Crippen LogP contribution in [0.15, 0.2) is 12.7 Å². The van der Waals surface area contributed by atoms with Crippen LogP contribution in [0.2, 0.25) is 0 Å². The van der Waals surface area contributed by atoms with Gasteiger partial charge in [-0.3, -0.25) is 0 Å². The third kappa shape index (κ3) is 3.35. The van der Waals surface area contributed by atoms with Gasteiger partial charge >= 0.3 is 0 Å². The summed E-state index contributed by atoms with van der Waals surface area (Å²) in [5.74, 6) is 0.701. The van der Waals surface area contributed by atoms with E-state index in [1.165, 1.54) is 17.3 Å². The largest absolute Gasteiger partial charge is 0.396 e. The molecule has 0 bridgehead atoms. The van der Waals surface area contributed by atoms with Crippen LogP contribution in [0.5, 0.6) is 0 Å². The Labute approximate surface area is 109 Å². The van der Waals surface area contributed by atoms with Gasteiger partial charge in [0.25, 0.3) is 5.95 Å². The Morgan fingerprint density at radius 3 is 2.79 bits per heavy atom. The fourth-order valence-corrected chi connectivity index (χ4v) is 1.50. The monoisotopic (exact) mass is 264 g/mol. The lowest BCUT2D eigenvalue weighted by Gasteiger charge is -2.25. The van der Waals surface area contributed by atoms with Crippen LogP contribution in [0.25, 0.3) is 5.95 Å². The molecule has 0 atom stereocenters. The summed E-state index contributed by atoms with van der Waals surface area (Å²) in [6.45, 7) is 3.92. The number of aromatic nitrogens is 6. The molecule has 0 aromatic carbocycles. The second-order valence-electron chi connectivity index (χ2n) is 4.64. The highest BCUT2D eigenvalue weighted by atomic mass is 16.3. The molecule has 2 rings (SSSR count). The fraction of sp³-hybridized carbons (Fsp3) is 0.500. The number of hydrogen-bond acceptors (Lipinski definition) is 8. The summed E-state index contributed by atoms with van der Waals surface area (Å²) in [5.41, 5.74) is 5.29. The third-order valence-electron chi connectivity index (χ3n) is 2.45. The van der Waals surface area contributed by atoms with Gasteiger partial charge in [0.1, 0.15) is 12.7 Å². The lowest BCUT2D eigenvalue weighted by atomic mass is 10.0. The SMILES string of the molecule is CC(C)(CCO)Nc1nc(N)nc(-n2cncn2)n1. The number of anilines is 2. The molecule has 0 aliphatic carbocycles. The minimum atomic E-state index is -0.359. The number of hydrogen-bond donors (Lipinski definition) is 3. The first-order chi connectivity index (χ1) is 9.00. The van der Waals surface area contributed by atoms with E-state index in [0.29, 0.717) is 12.4 Å². The minimum Gasteiger partial charge on any atom is -0.396 e. The maximum atomic E-state index is 9.00. The van der Waals surface area contributed by atoms with Gasteiger partial charge in [-0.1, -0.05) is 0 Å². The van der Waals surface area contributed by atoms with Crippen molar-refractivity contribution in [2.24, 2.45) is 0 Å². The van der Waals surface area contributed by atoms with E-state index in [-0.39, 0.29) is 24.0 Å². The second-order valence-corrected chi connectivity index (χ2v) is 4.64. The third-order valence-corrected chi connectivity index (χ3v) is 2.45. The predicted molar refractivity (Wildman–Crippen MR) is 68.6 cm³/mol. The van der Waals surface area contributed by atoms with Gasteiger partial charge in [0.15, 0.2) is 0 Å². The summed E-state index contributed by atoms with van der Waals surface area (Å²) in [7, 11) is 0. The van der Waals surface area contributed by atoms with Crippen LogP contribution in [0.3, 0.4) is 0 Å². The normalized spacial score (nSPS) is 11.5. The molecule has 0 amide bonds. The van der Waals surface area contributed by atoms with Crippen molar-refractivity contribution < 1.29 is 5.11 Å². The van der Waals surface area contributed by atoms with Crippen molar-refractivity contribution in [3.8, 4) is 5.95 Å². The number of nitrogens with one attached hydrogen (secondary N) is 1. The summed E-state index contributed by atoms with van der Waals surface area (Å²) in [4.78, 5) is 16.0. The molecule has 4 N–H and O–H groups in total. The van der Waals surface area contributed by atoms with Crippen molar-refractivity contribution in [1.82, 2.24) is 29.7 Å². The van der Waals surface area contributed by atoms with Crippen LogP contribution >= 0.6 is 0 Å². The van der Waals surface area contributed by atoms with Crippen molar-refractivity contribution in [1.29, 1.82) is 0 Å². The van der Waals surface area contributed by atoms with Crippen molar-refractivity contribution in [3.63, 3.8) is 0 Å². The molecule has 0 saturated heterocycles. The molecule has 0 aliphatic heterocycles. The number of aliphatic hydroxyl groups excluding tert-OH is 1. The number of nitrogens with zero attached hydrogens (tertiary/aromatic N) is 6. The van der Waals surface area contributed by atoms with Crippen LogP contribution in [0.1, 0.15) is 20.3 Å². The number of aliphatic hydroxyl groups is 1. The van der Waals surface area contributed by atoms with Crippen molar-refractivity contribution >= 4 is 11.9 Å². The minimum absolute atomic E-state index is 0.0660. The highest BCUT2D eigenvalue weighted by molar-refractivity contribution is 5.36. The van der Waals surface area contributed by atoms with Crippen molar-refractivity contribution in [3.05, 3.63) is 12.7 Å². The first-order valence-corrected chi connectivity index (χ1v) is 5.76. The molecule has 2 aromatic rings. The maximum Gasteiger partial charge on any atom is 0.258 e. The lowest BCUT2D eigenvalue weighted by molar-refractivity contribution is 0.260. The molecule has 0 fully saturated rings. The summed E-state index contributed by atoms with van der Waals surface area (Å²) in [6.07, 6.45) is 3.40. The standard InChI is InChI=1S/C10H16N8O/c1-10(2,3-4-19)17-8-14-7(11)15-9(16-8)18-6-12-5-13-18/h5-6,19H,3-4H2,1-2H3,(H3,11,14,15,16,17). The average molecular weight is 264 g/mol. The van der Waals surface area contributed by atoms with Crippen molar-refractivity contribution in [2.45, 2.75) is 25.8 Å². The Balaban J connectivity index is 2.27. The van der Waals surface area contributed by atoms with Gasteiger partial charge in [-0.25, -0.2) is 4.98 Å². The first-order valence-electron chi connectivity index (χ1n) is 5.76. The van der Waals surface area contributed by atoms with E-state index in [2.05, 4.69) is 30.4 Å². The molecule has 0 saturated carbocycles. The smallest absolute Gasteiger partial charge is 0.258 e. The molecule has 102 valence electrons. The van der Waals surface area contributed by atoms with Crippen LogP contribution < -0.4 is 11.1 Å². The van der Waals surface area contributed by atoms with E-state index in [1.54, 1.807) is 0 Å². The molecule has 19 heavy (non-hydrogen) atoms. The zero-order valence-corrected chi connectivity index (χ0v) is 10.8. The van der Waals surface area contributed by atoms with E-state index in [0.717, 1.165) is 0 Å². The van der Waals surface area contributed by atoms with Crippen LogP contribution in [0.4, 0.5) is 11.9 Å². The molecule has 9 nitrogen and oxygen atoms in total. The summed E-state index contributed by atoms with van der Waals surface area (Å²) in [6, 6.07) is 0. The Morgan fingerprint density at radius 1 is 1.37 bits per heavy atom. The predicted octanol–water partition coefficient (Wildman–Crippen LogP) is -0.393. The van der Waals surface area contributed by atoms with Gasteiger partial charge in [0, 0.05) is 12.1 Å². The fourth-order valence-electron chi connectivity index (χ4n) is 1.50. The van der Waals surface area contributed by atoms with E-state index in [1.807, 2.05) is 13.8 Å². The van der Waals surface area contributed by atoms with Crippen LogP contribution in [-0.2, 0) is 0 Å². The van der Waals surface area contributed by atoms with E-state index in [9.17, 15) is 0 Å². The Hall–Kier alpha value is -2.29. The van der Waals surface area contributed by atoms with E-state index >= 15 is 0 Å². The van der Waals surface area contributed by atoms with Gasteiger partial charge in [0.2, 0.25) is 11.9 Å². The molecule has 2 heterocycles. The van der Waals surface area contributed by atoms with E-state index in [4.69, 9.17) is 10.8 Å². The quantitative estimate of drug-likeness (QED) is 0.666. The van der Waals surface area contributed by atoms with Gasteiger partial charge in [-0.05, 0) is 20.3 Å². The second kappa shape index (κ2) is 5.14. The molecule has 0 aliphatic rings. The van der Waals surface area contributed by atoms with E-state index < -0.39 is 0 Å². The van der Waals surface area contributed by atoms with Crippen LogP contribution in [0, 0.1) is 0 Å². The topological polar surface area (TPSA) is 128 Å². The maximum absolute atomic E-state index is 9.00. The molecule has 0 spiro atoms. The highest BCUT2D eigenvalue weighted by Gasteiger charge is 2.19. The summed E-state index contributed by atoms with van der Waals surface area (Å²) in [5, 5.41) is 16.0. The van der Waals surface area contributed by atoms with Gasteiger partial charge < -0.3 is 16.2 Å².